The predicted octanol–water partition coefficient (Wildman–Crippen LogP) is 1.82. The van der Waals surface area contributed by atoms with Crippen molar-refractivity contribution in [3.8, 4) is 0 Å². The van der Waals surface area contributed by atoms with Gasteiger partial charge in [-0.1, -0.05) is 0 Å². The van der Waals surface area contributed by atoms with Gasteiger partial charge in [-0.3, -0.25) is 14.5 Å². The molecule has 4 N–H and O–H groups in total. The van der Waals surface area contributed by atoms with Crippen molar-refractivity contribution >= 4 is 23.5 Å². The summed E-state index contributed by atoms with van der Waals surface area (Å²) in [6.07, 6.45) is -2.97. The Labute approximate surface area is 153 Å². The number of amides is 4. The number of nitrogens with two attached hydrogens (primary N) is 1. The lowest BCUT2D eigenvalue weighted by Gasteiger charge is -2.20. The molecular formula is C17H19F3N4O3. The molecule has 1 aliphatic heterocycles. The molecular weight excluding hydrogens is 365 g/mol. The molecule has 4 amide bonds. The Hall–Kier alpha value is -2.62. The molecule has 2 fully saturated rings. The predicted molar refractivity (Wildman–Crippen MR) is 89.3 cm³/mol. The van der Waals surface area contributed by atoms with Gasteiger partial charge in [-0.2, -0.15) is 13.2 Å². The smallest absolute Gasteiger partial charge is 0.326 e. The van der Waals surface area contributed by atoms with E-state index in [-0.39, 0.29) is 23.7 Å². The summed E-state index contributed by atoms with van der Waals surface area (Å²) in [5.74, 6) is -1.24. The molecule has 3 rings (SSSR count). The lowest BCUT2D eigenvalue weighted by Crippen LogP contribution is -2.46. The number of hydrogen-bond donors (Lipinski definition) is 3. The van der Waals surface area contributed by atoms with Gasteiger partial charge >= 0.3 is 12.2 Å². The second-order valence-corrected chi connectivity index (χ2v) is 6.97. The summed E-state index contributed by atoms with van der Waals surface area (Å²) in [5.41, 5.74) is 3.52. The zero-order valence-electron chi connectivity index (χ0n) is 14.5. The van der Waals surface area contributed by atoms with Crippen LogP contribution in [0.3, 0.4) is 0 Å². The molecule has 1 aromatic rings. The van der Waals surface area contributed by atoms with E-state index in [0.29, 0.717) is 0 Å². The van der Waals surface area contributed by atoms with Gasteiger partial charge in [0.05, 0.1) is 5.56 Å². The molecule has 1 aromatic carbocycles. The maximum atomic E-state index is 13.0. The van der Waals surface area contributed by atoms with Crippen molar-refractivity contribution in [3.05, 3.63) is 29.3 Å². The molecule has 1 saturated carbocycles. The molecule has 2 aliphatic rings. The Morgan fingerprint density at radius 3 is 2.56 bits per heavy atom. The molecule has 0 spiro atoms. The number of imide groups is 1. The molecule has 0 radical (unpaired) electrons. The molecule has 0 bridgehead atoms. The fraction of sp³-hybridized carbons (Fsp3) is 0.471. The first-order valence-electron chi connectivity index (χ1n) is 8.40. The quantitative estimate of drug-likeness (QED) is 0.674. The van der Waals surface area contributed by atoms with Crippen LogP contribution in [0.5, 0.6) is 0 Å². The number of nitrogens with zero attached hydrogens (tertiary/aromatic N) is 1. The first kappa shape index (κ1) is 19.2. The number of halogens is 3. The lowest BCUT2D eigenvalue weighted by atomic mass is 9.96. The van der Waals surface area contributed by atoms with E-state index in [4.69, 9.17) is 5.73 Å². The van der Waals surface area contributed by atoms with Gasteiger partial charge in [0, 0.05) is 12.2 Å². The van der Waals surface area contributed by atoms with Crippen LogP contribution in [0, 0.1) is 5.92 Å². The lowest BCUT2D eigenvalue weighted by molar-refractivity contribution is -0.137. The number of urea groups is 1. The van der Waals surface area contributed by atoms with Gasteiger partial charge in [0.25, 0.3) is 5.91 Å². The summed E-state index contributed by atoms with van der Waals surface area (Å²) in [7, 11) is 0. The third-order valence-electron chi connectivity index (χ3n) is 4.84. The molecule has 1 saturated heterocycles. The minimum atomic E-state index is -4.60. The zero-order valence-corrected chi connectivity index (χ0v) is 14.5. The second-order valence-electron chi connectivity index (χ2n) is 6.97. The van der Waals surface area contributed by atoms with E-state index in [1.54, 1.807) is 6.92 Å². The molecule has 0 aromatic heterocycles. The van der Waals surface area contributed by atoms with Crippen LogP contribution in [-0.4, -0.2) is 34.8 Å². The minimum Gasteiger partial charge on any atom is -0.326 e. The van der Waals surface area contributed by atoms with Gasteiger partial charge in [0.1, 0.15) is 12.1 Å². The summed E-state index contributed by atoms with van der Waals surface area (Å²) in [6, 6.07) is 2.30. The van der Waals surface area contributed by atoms with Crippen LogP contribution in [0.1, 0.15) is 30.9 Å². The summed E-state index contributed by atoms with van der Waals surface area (Å²) in [6.45, 7) is 0.893. The Morgan fingerprint density at radius 1 is 1.33 bits per heavy atom. The van der Waals surface area contributed by atoms with Gasteiger partial charge in [-0.05, 0) is 49.4 Å². The minimum absolute atomic E-state index is 0.0394. The number of benzene rings is 1. The molecule has 27 heavy (non-hydrogen) atoms. The van der Waals surface area contributed by atoms with E-state index in [1.807, 2.05) is 0 Å². The van der Waals surface area contributed by atoms with Crippen molar-refractivity contribution < 1.29 is 27.6 Å². The van der Waals surface area contributed by atoms with E-state index in [2.05, 4.69) is 10.6 Å². The highest BCUT2D eigenvalue weighted by Gasteiger charge is 2.56. The van der Waals surface area contributed by atoms with Gasteiger partial charge in [0.15, 0.2) is 0 Å². The van der Waals surface area contributed by atoms with Crippen LogP contribution in [0.25, 0.3) is 0 Å². The van der Waals surface area contributed by atoms with Crippen molar-refractivity contribution in [2.75, 3.05) is 11.9 Å². The van der Waals surface area contributed by atoms with Crippen molar-refractivity contribution in [1.29, 1.82) is 0 Å². The third kappa shape index (κ3) is 3.75. The molecule has 7 nitrogen and oxygen atoms in total. The van der Waals surface area contributed by atoms with E-state index in [1.165, 1.54) is 6.07 Å². The molecule has 1 aliphatic carbocycles. The number of hydrogen-bond acceptors (Lipinski definition) is 4. The molecule has 1 atom stereocenters. The number of anilines is 1. The standard InChI is InChI=1S/C17H19F3N4O3/c1-16(10-2-3-10)14(26)24(15(27)23-16)8-13(25)22-12-5-9(7-21)4-11(6-12)17(18,19)20/h4-6,10H,2-3,7-8,21H2,1H3,(H,22,25)(H,23,27). The van der Waals surface area contributed by atoms with Crippen LogP contribution >= 0.6 is 0 Å². The van der Waals surface area contributed by atoms with Crippen LogP contribution < -0.4 is 16.4 Å². The first-order chi connectivity index (χ1) is 12.5. The maximum absolute atomic E-state index is 13.0. The van der Waals surface area contributed by atoms with E-state index in [9.17, 15) is 27.6 Å². The van der Waals surface area contributed by atoms with Gasteiger partial charge < -0.3 is 16.4 Å². The number of rotatable bonds is 5. The zero-order chi connectivity index (χ0) is 20.0. The summed E-state index contributed by atoms with van der Waals surface area (Å²) in [5, 5.41) is 4.90. The van der Waals surface area contributed by atoms with Gasteiger partial charge in [0.2, 0.25) is 5.91 Å². The number of nitrogens with one attached hydrogen (secondary N) is 2. The highest BCUT2D eigenvalue weighted by atomic mass is 19.4. The van der Waals surface area contributed by atoms with Crippen molar-refractivity contribution in [1.82, 2.24) is 10.2 Å². The highest BCUT2D eigenvalue weighted by Crippen LogP contribution is 2.42. The Kier molecular flexibility index (Phi) is 4.62. The summed E-state index contributed by atoms with van der Waals surface area (Å²) >= 11 is 0. The number of carbonyl (C=O) groups is 3. The Balaban J connectivity index is 1.73. The molecule has 146 valence electrons. The maximum Gasteiger partial charge on any atom is 0.416 e. The van der Waals surface area contributed by atoms with Gasteiger partial charge in [-0.25, -0.2) is 4.79 Å². The topological polar surface area (TPSA) is 105 Å². The van der Waals surface area contributed by atoms with Crippen LogP contribution in [0.4, 0.5) is 23.7 Å². The van der Waals surface area contributed by atoms with E-state index < -0.39 is 41.7 Å². The first-order valence-corrected chi connectivity index (χ1v) is 8.40. The SMILES string of the molecule is CC1(C2CC2)NC(=O)N(CC(=O)Nc2cc(CN)cc(C(F)(F)F)c2)C1=O. The fourth-order valence-electron chi connectivity index (χ4n) is 3.19. The average molecular weight is 384 g/mol. The van der Waals surface area contributed by atoms with Crippen LogP contribution in [0.15, 0.2) is 18.2 Å². The highest BCUT2D eigenvalue weighted by molar-refractivity contribution is 6.10. The normalized spacial score (nSPS) is 22.8. The Bertz CT molecular complexity index is 807. The summed E-state index contributed by atoms with van der Waals surface area (Å²) in [4.78, 5) is 37.5. The van der Waals surface area contributed by atoms with Crippen molar-refractivity contribution in [2.45, 2.75) is 38.0 Å². The van der Waals surface area contributed by atoms with Gasteiger partial charge in [-0.15, -0.1) is 0 Å². The number of carbonyl (C=O) groups excluding carboxylic acids is 3. The van der Waals surface area contributed by atoms with Crippen LogP contribution in [0.2, 0.25) is 0 Å². The Morgan fingerprint density at radius 2 is 2.00 bits per heavy atom. The largest absolute Gasteiger partial charge is 0.416 e. The monoisotopic (exact) mass is 384 g/mol. The van der Waals surface area contributed by atoms with Crippen molar-refractivity contribution in [2.24, 2.45) is 11.7 Å². The molecule has 1 heterocycles. The second kappa shape index (κ2) is 6.52. The van der Waals surface area contributed by atoms with E-state index >= 15 is 0 Å². The van der Waals surface area contributed by atoms with Crippen molar-refractivity contribution in [3.63, 3.8) is 0 Å². The fourth-order valence-corrected chi connectivity index (χ4v) is 3.19. The summed E-state index contributed by atoms with van der Waals surface area (Å²) < 4.78 is 38.9. The van der Waals surface area contributed by atoms with Crippen LogP contribution in [-0.2, 0) is 22.3 Å². The van der Waals surface area contributed by atoms with E-state index in [0.717, 1.165) is 29.9 Å². The average Bonchev–Trinajstić information content (AvgIpc) is 3.40. The molecule has 1 unspecified atom stereocenters. The molecule has 10 heteroatoms. The third-order valence-corrected chi connectivity index (χ3v) is 4.84. The number of alkyl halides is 3.